The normalized spacial score (nSPS) is 10.7. The van der Waals surface area contributed by atoms with Crippen LogP contribution in [0.1, 0.15) is 0 Å². The average Bonchev–Trinajstić information content (AvgIpc) is 2.45. The van der Waals surface area contributed by atoms with E-state index in [9.17, 15) is 0 Å². The van der Waals surface area contributed by atoms with E-state index in [1.165, 1.54) is 33.4 Å². The third-order valence-corrected chi connectivity index (χ3v) is 3.64. The predicted octanol–water partition coefficient (Wildman–Crippen LogP) is 5.11. The maximum absolute atomic E-state index is 2.21. The van der Waals surface area contributed by atoms with E-state index in [1.807, 2.05) is 0 Å². The molecule has 0 bridgehead atoms. The van der Waals surface area contributed by atoms with Crippen LogP contribution >= 0.6 is 13.5 Å². The Hall–Kier alpha value is -1.99. The summed E-state index contributed by atoms with van der Waals surface area (Å²) >= 11 is 0. The van der Waals surface area contributed by atoms with Crippen LogP contribution in [0.2, 0.25) is 0 Å². The summed E-state index contributed by atoms with van der Waals surface area (Å²) in [5, 5.41) is 0. The molecule has 0 saturated carbocycles. The minimum atomic E-state index is 0. The fraction of sp³-hybridized carbons (Fsp3) is 0. The number of fused-ring (bicyclic) bond motifs is 4. The fourth-order valence-corrected chi connectivity index (χ4v) is 2.80. The molecule has 3 aromatic rings. The Labute approximate surface area is 120 Å². The van der Waals surface area contributed by atoms with Crippen molar-refractivity contribution in [3.63, 3.8) is 0 Å². The second kappa shape index (κ2) is 4.60. The lowest BCUT2D eigenvalue weighted by molar-refractivity contribution is 1.51. The van der Waals surface area contributed by atoms with E-state index in [2.05, 4.69) is 72.8 Å². The molecular weight excluding hydrogens is 248 g/mol. The molecule has 0 amide bonds. The zero-order chi connectivity index (χ0) is 11.9. The first-order valence-electron chi connectivity index (χ1n) is 6.23. The summed E-state index contributed by atoms with van der Waals surface area (Å²) in [6.45, 7) is 0. The van der Waals surface area contributed by atoms with Crippen molar-refractivity contribution in [1.29, 1.82) is 0 Å². The molecule has 0 nitrogen and oxygen atoms in total. The van der Waals surface area contributed by atoms with Crippen molar-refractivity contribution in [3.8, 4) is 33.4 Å². The summed E-state index contributed by atoms with van der Waals surface area (Å²) in [5.74, 6) is 0. The van der Waals surface area contributed by atoms with Gasteiger partial charge in [-0.3, -0.25) is 0 Å². The van der Waals surface area contributed by atoms with Crippen molar-refractivity contribution >= 4 is 13.5 Å². The third kappa shape index (κ3) is 1.70. The summed E-state index contributed by atoms with van der Waals surface area (Å²) < 4.78 is 0. The van der Waals surface area contributed by atoms with Crippen molar-refractivity contribution in [1.82, 2.24) is 0 Å². The molecule has 19 heavy (non-hydrogen) atoms. The van der Waals surface area contributed by atoms with Crippen LogP contribution in [-0.4, -0.2) is 0 Å². The van der Waals surface area contributed by atoms with E-state index >= 15 is 0 Å². The highest BCUT2D eigenvalue weighted by Crippen LogP contribution is 2.51. The number of hydrogen-bond donors (Lipinski definition) is 0. The van der Waals surface area contributed by atoms with Crippen LogP contribution < -0.4 is 0 Å². The van der Waals surface area contributed by atoms with Crippen LogP contribution in [0.4, 0.5) is 0 Å². The molecule has 1 aliphatic carbocycles. The van der Waals surface area contributed by atoms with Gasteiger partial charge in [0, 0.05) is 0 Å². The van der Waals surface area contributed by atoms with E-state index in [0.29, 0.717) is 0 Å². The van der Waals surface area contributed by atoms with Gasteiger partial charge < -0.3 is 0 Å². The first-order valence-corrected chi connectivity index (χ1v) is 6.23. The van der Waals surface area contributed by atoms with Crippen molar-refractivity contribution in [2.45, 2.75) is 0 Å². The first kappa shape index (κ1) is 12.1. The van der Waals surface area contributed by atoms with E-state index in [4.69, 9.17) is 0 Å². The van der Waals surface area contributed by atoms with E-state index in [-0.39, 0.29) is 13.5 Å². The van der Waals surface area contributed by atoms with Gasteiger partial charge in [0.05, 0.1) is 0 Å². The van der Waals surface area contributed by atoms with Crippen molar-refractivity contribution in [3.05, 3.63) is 72.8 Å². The Morgan fingerprint density at radius 3 is 1.79 bits per heavy atom. The minimum Gasteiger partial charge on any atom is -0.197 e. The Balaban J connectivity index is 0.00000110. The molecular formula is C18H14S. The molecule has 1 heteroatoms. The third-order valence-electron chi connectivity index (χ3n) is 3.64. The maximum Gasteiger partial charge on any atom is -0.00204 e. The number of hydrogen-bond acceptors (Lipinski definition) is 0. The summed E-state index contributed by atoms with van der Waals surface area (Å²) in [4.78, 5) is 0. The van der Waals surface area contributed by atoms with Crippen LogP contribution in [-0.2, 0) is 0 Å². The molecule has 0 radical (unpaired) electrons. The molecule has 0 unspecified atom stereocenters. The lowest BCUT2D eigenvalue weighted by Gasteiger charge is -2.26. The molecule has 92 valence electrons. The van der Waals surface area contributed by atoms with Crippen molar-refractivity contribution < 1.29 is 0 Å². The Kier molecular flexibility index (Phi) is 2.92. The van der Waals surface area contributed by atoms with Crippen LogP contribution in [0, 0.1) is 0 Å². The van der Waals surface area contributed by atoms with Gasteiger partial charge in [0.2, 0.25) is 0 Å². The average molecular weight is 262 g/mol. The Morgan fingerprint density at radius 1 is 0.421 bits per heavy atom. The number of benzene rings is 3. The standard InChI is InChI=1S/C18H12.H2S/c1-2-7-13(8-3-1)14-11-6-12-17-15-9-4-5-10-16(15)18(14)17;/h1-12H;1H2. The monoisotopic (exact) mass is 262 g/mol. The number of rotatable bonds is 1. The van der Waals surface area contributed by atoms with Crippen LogP contribution in [0.3, 0.4) is 0 Å². The van der Waals surface area contributed by atoms with Gasteiger partial charge in [0.15, 0.2) is 0 Å². The topological polar surface area (TPSA) is 0 Å². The van der Waals surface area contributed by atoms with Crippen LogP contribution in [0.25, 0.3) is 33.4 Å². The smallest absolute Gasteiger partial charge is 0.00204 e. The fourth-order valence-electron chi connectivity index (χ4n) is 2.80. The van der Waals surface area contributed by atoms with Gasteiger partial charge in [-0.15, -0.1) is 0 Å². The van der Waals surface area contributed by atoms with Gasteiger partial charge in [0.1, 0.15) is 0 Å². The first-order chi connectivity index (χ1) is 8.95. The van der Waals surface area contributed by atoms with E-state index < -0.39 is 0 Å². The minimum absolute atomic E-state index is 0. The highest BCUT2D eigenvalue weighted by atomic mass is 32.1. The van der Waals surface area contributed by atoms with E-state index in [0.717, 1.165) is 0 Å². The molecule has 0 spiro atoms. The van der Waals surface area contributed by atoms with Crippen molar-refractivity contribution in [2.75, 3.05) is 0 Å². The zero-order valence-electron chi connectivity index (χ0n) is 10.4. The summed E-state index contributed by atoms with van der Waals surface area (Å²) in [5.41, 5.74) is 8.18. The van der Waals surface area contributed by atoms with Gasteiger partial charge >= 0.3 is 0 Å². The quantitative estimate of drug-likeness (QED) is 0.447. The summed E-state index contributed by atoms with van der Waals surface area (Å²) in [7, 11) is 0. The molecule has 3 aromatic carbocycles. The van der Waals surface area contributed by atoms with Crippen LogP contribution in [0.15, 0.2) is 72.8 Å². The molecule has 0 heterocycles. The lowest BCUT2D eigenvalue weighted by Crippen LogP contribution is -2.00. The second-order valence-electron chi connectivity index (χ2n) is 4.64. The zero-order valence-corrected chi connectivity index (χ0v) is 11.4. The molecule has 1 aliphatic rings. The predicted molar refractivity (Wildman–Crippen MR) is 86.7 cm³/mol. The van der Waals surface area contributed by atoms with E-state index in [1.54, 1.807) is 0 Å². The molecule has 0 atom stereocenters. The largest absolute Gasteiger partial charge is 0.197 e. The van der Waals surface area contributed by atoms with Gasteiger partial charge in [-0.1, -0.05) is 72.8 Å². The highest BCUT2D eigenvalue weighted by molar-refractivity contribution is 7.59. The second-order valence-corrected chi connectivity index (χ2v) is 4.64. The lowest BCUT2D eigenvalue weighted by atomic mass is 9.77. The Bertz CT molecular complexity index is 714. The molecule has 0 saturated heterocycles. The Morgan fingerprint density at radius 2 is 1.00 bits per heavy atom. The molecule has 4 rings (SSSR count). The summed E-state index contributed by atoms with van der Waals surface area (Å²) in [6.07, 6.45) is 0. The molecule has 0 fully saturated rings. The van der Waals surface area contributed by atoms with Crippen molar-refractivity contribution in [2.24, 2.45) is 0 Å². The van der Waals surface area contributed by atoms with Gasteiger partial charge in [0.25, 0.3) is 0 Å². The van der Waals surface area contributed by atoms with Crippen LogP contribution in [0.5, 0.6) is 0 Å². The van der Waals surface area contributed by atoms with Gasteiger partial charge in [-0.05, 0) is 33.4 Å². The maximum atomic E-state index is 2.21. The SMILES string of the molecule is S.c1ccc(-c2cccc3c2-c2ccccc2-3)cc1. The molecule has 0 N–H and O–H groups in total. The molecule has 0 aliphatic heterocycles. The summed E-state index contributed by atoms with van der Waals surface area (Å²) in [6, 6.07) is 25.8. The highest BCUT2D eigenvalue weighted by Gasteiger charge is 2.24. The molecule has 0 aromatic heterocycles. The van der Waals surface area contributed by atoms with Gasteiger partial charge in [-0.25, -0.2) is 0 Å². The van der Waals surface area contributed by atoms with Gasteiger partial charge in [-0.2, -0.15) is 13.5 Å².